The maximum Gasteiger partial charge on any atom is 0.326 e. The number of carboxylic acid groups (broad SMARTS) is 2. The summed E-state index contributed by atoms with van der Waals surface area (Å²) in [5, 5.41) is 25.3. The van der Waals surface area contributed by atoms with E-state index in [-0.39, 0.29) is 38.2 Å². The first-order valence-corrected chi connectivity index (χ1v) is 11.9. The number of nitrogens with one attached hydrogen (secondary N) is 3. The van der Waals surface area contributed by atoms with Crippen molar-refractivity contribution in [3.05, 3.63) is 0 Å². The van der Waals surface area contributed by atoms with E-state index in [1.807, 2.05) is 0 Å². The van der Waals surface area contributed by atoms with E-state index in [0.29, 0.717) is 19.4 Å². The zero-order valence-electron chi connectivity index (χ0n) is 21.1. The van der Waals surface area contributed by atoms with E-state index >= 15 is 0 Å². The molecule has 4 unspecified atom stereocenters. The number of nitrogens with zero attached hydrogens (tertiary/aromatic N) is 1. The van der Waals surface area contributed by atoms with Gasteiger partial charge in [0.05, 0.1) is 12.5 Å². The van der Waals surface area contributed by atoms with Crippen LogP contribution in [0.5, 0.6) is 0 Å². The van der Waals surface area contributed by atoms with Gasteiger partial charge in [-0.15, -0.1) is 0 Å². The van der Waals surface area contributed by atoms with Gasteiger partial charge in [-0.2, -0.15) is 0 Å². The molecule has 15 N–H and O–H groups in total. The Bertz CT molecular complexity index is 864. The van der Waals surface area contributed by atoms with Gasteiger partial charge in [-0.3, -0.25) is 29.0 Å². The summed E-state index contributed by atoms with van der Waals surface area (Å²) in [5.74, 6) is -6.18. The average molecular weight is 546 g/mol. The highest BCUT2D eigenvalue weighted by Crippen LogP contribution is 2.07. The summed E-state index contributed by atoms with van der Waals surface area (Å²) in [6, 6.07) is -5.27. The van der Waals surface area contributed by atoms with Crippen molar-refractivity contribution in [2.24, 2.45) is 33.7 Å². The Morgan fingerprint density at radius 3 is 1.74 bits per heavy atom. The van der Waals surface area contributed by atoms with Gasteiger partial charge in [-0.1, -0.05) is 0 Å². The van der Waals surface area contributed by atoms with Crippen molar-refractivity contribution in [3.63, 3.8) is 0 Å². The summed E-state index contributed by atoms with van der Waals surface area (Å²) in [5.41, 5.74) is 26.8. The fourth-order valence-corrected chi connectivity index (χ4v) is 3.19. The van der Waals surface area contributed by atoms with Crippen LogP contribution in [0.2, 0.25) is 0 Å². The van der Waals surface area contributed by atoms with Gasteiger partial charge in [-0.05, 0) is 45.1 Å². The Balaban J connectivity index is 5.66. The number of carbonyl (C=O) groups is 6. The minimum Gasteiger partial charge on any atom is -0.481 e. The zero-order valence-corrected chi connectivity index (χ0v) is 21.1. The first-order chi connectivity index (χ1) is 17.8. The molecule has 4 atom stereocenters. The predicted molar refractivity (Wildman–Crippen MR) is 135 cm³/mol. The molecule has 0 saturated carbocycles. The molecule has 0 aliphatic heterocycles. The van der Waals surface area contributed by atoms with E-state index in [1.54, 1.807) is 0 Å². The summed E-state index contributed by atoms with van der Waals surface area (Å²) in [4.78, 5) is 75.6. The number of nitrogens with two attached hydrogens (primary N) is 5. The normalized spacial score (nSPS) is 13.7. The molecule has 17 nitrogen and oxygen atoms in total. The molecule has 17 heteroatoms. The fourth-order valence-electron chi connectivity index (χ4n) is 3.19. The van der Waals surface area contributed by atoms with Crippen LogP contribution in [0, 0.1) is 0 Å². The number of aliphatic carboxylic acids is 2. The topological polar surface area (TPSA) is 321 Å². The molecule has 0 heterocycles. The van der Waals surface area contributed by atoms with Crippen LogP contribution in [0.4, 0.5) is 0 Å². The first-order valence-electron chi connectivity index (χ1n) is 11.9. The molecule has 0 aromatic carbocycles. The molecule has 38 heavy (non-hydrogen) atoms. The van der Waals surface area contributed by atoms with E-state index in [9.17, 15) is 33.9 Å². The van der Waals surface area contributed by atoms with Crippen molar-refractivity contribution in [2.45, 2.75) is 75.5 Å². The Morgan fingerprint density at radius 2 is 1.26 bits per heavy atom. The first kappa shape index (κ1) is 34.0. The van der Waals surface area contributed by atoms with Crippen molar-refractivity contribution < 1.29 is 39.0 Å². The van der Waals surface area contributed by atoms with Crippen LogP contribution in [0.25, 0.3) is 0 Å². The van der Waals surface area contributed by atoms with Crippen LogP contribution in [-0.4, -0.2) is 89.0 Å². The molecule has 0 aliphatic carbocycles. The number of hydrogen-bond acceptors (Lipinski definition) is 9. The summed E-state index contributed by atoms with van der Waals surface area (Å²) >= 11 is 0. The van der Waals surface area contributed by atoms with Crippen molar-refractivity contribution in [3.8, 4) is 0 Å². The Hall–Kier alpha value is -3.99. The second-order valence-corrected chi connectivity index (χ2v) is 8.46. The molecule has 0 rings (SSSR count). The Labute approximate surface area is 219 Å². The number of aliphatic imine (C=N–C) groups is 1. The maximum absolute atomic E-state index is 13.1. The van der Waals surface area contributed by atoms with Gasteiger partial charge >= 0.3 is 11.9 Å². The third kappa shape index (κ3) is 15.2. The van der Waals surface area contributed by atoms with Gasteiger partial charge in [0, 0.05) is 13.0 Å². The summed E-state index contributed by atoms with van der Waals surface area (Å²) in [6.07, 6.45) is -0.111. The Morgan fingerprint density at radius 1 is 0.737 bits per heavy atom. The van der Waals surface area contributed by atoms with Crippen molar-refractivity contribution in [1.82, 2.24) is 16.0 Å². The molecule has 4 amide bonds. The van der Waals surface area contributed by atoms with Gasteiger partial charge < -0.3 is 54.8 Å². The molecule has 0 radical (unpaired) electrons. The largest absolute Gasteiger partial charge is 0.481 e. The highest BCUT2D eigenvalue weighted by Gasteiger charge is 2.30. The molecular formula is C21H39N9O8. The van der Waals surface area contributed by atoms with Gasteiger partial charge in [0.15, 0.2) is 5.96 Å². The lowest BCUT2D eigenvalue weighted by atomic mass is 10.0. The zero-order chi connectivity index (χ0) is 29.3. The van der Waals surface area contributed by atoms with Crippen LogP contribution in [0.3, 0.4) is 0 Å². The lowest BCUT2D eigenvalue weighted by molar-refractivity contribution is -0.143. The van der Waals surface area contributed by atoms with Gasteiger partial charge in [-0.25, -0.2) is 4.79 Å². The highest BCUT2D eigenvalue weighted by atomic mass is 16.4. The summed E-state index contributed by atoms with van der Waals surface area (Å²) in [6.45, 7) is 0.430. The number of carboxylic acids is 2. The molecule has 0 fully saturated rings. The lowest BCUT2D eigenvalue weighted by Crippen LogP contribution is -2.57. The van der Waals surface area contributed by atoms with E-state index in [0.717, 1.165) is 0 Å². The molecule has 0 aliphatic rings. The number of primary amides is 1. The second-order valence-electron chi connectivity index (χ2n) is 8.46. The minimum absolute atomic E-state index is 0.0190. The molecule has 0 aromatic rings. The standard InChI is InChI=1S/C21H39N9O8/c22-8-2-1-4-12(19(36)30-14(20(37)38)6-7-16(32)33)29-18(35)13(5-3-9-27-21(25)26)28-17(34)11(23)10-15(24)31/h11-14H,1-10,22-23H2,(H2,24,31)(H,28,34)(H,29,35)(H,30,36)(H,32,33)(H,37,38)(H4,25,26,27). The molecule has 0 saturated heterocycles. The molecule has 0 spiro atoms. The smallest absolute Gasteiger partial charge is 0.326 e. The van der Waals surface area contributed by atoms with Gasteiger partial charge in [0.25, 0.3) is 0 Å². The van der Waals surface area contributed by atoms with Crippen LogP contribution in [-0.2, 0) is 28.8 Å². The molecule has 0 aromatic heterocycles. The Kier molecular flexibility index (Phi) is 16.4. The second kappa shape index (κ2) is 18.3. The van der Waals surface area contributed by atoms with E-state index in [1.165, 1.54) is 0 Å². The number of hydrogen-bond donors (Lipinski definition) is 10. The van der Waals surface area contributed by atoms with Crippen molar-refractivity contribution in [2.75, 3.05) is 13.1 Å². The third-order valence-electron chi connectivity index (χ3n) is 5.18. The molecule has 216 valence electrons. The van der Waals surface area contributed by atoms with Crippen molar-refractivity contribution >= 4 is 41.5 Å². The minimum atomic E-state index is -1.51. The highest BCUT2D eigenvalue weighted by molar-refractivity contribution is 5.95. The number of amides is 4. The third-order valence-corrected chi connectivity index (χ3v) is 5.18. The number of carbonyl (C=O) groups excluding carboxylic acids is 4. The van der Waals surface area contributed by atoms with Crippen LogP contribution >= 0.6 is 0 Å². The predicted octanol–water partition coefficient (Wildman–Crippen LogP) is -4.22. The number of unbranched alkanes of at least 4 members (excludes halogenated alkanes) is 1. The van der Waals surface area contributed by atoms with E-state index in [4.69, 9.17) is 33.8 Å². The van der Waals surface area contributed by atoms with Gasteiger partial charge in [0.2, 0.25) is 23.6 Å². The monoisotopic (exact) mass is 545 g/mol. The lowest BCUT2D eigenvalue weighted by Gasteiger charge is -2.25. The maximum atomic E-state index is 13.1. The summed E-state index contributed by atoms with van der Waals surface area (Å²) in [7, 11) is 0. The average Bonchev–Trinajstić information content (AvgIpc) is 2.81. The summed E-state index contributed by atoms with van der Waals surface area (Å²) < 4.78 is 0. The van der Waals surface area contributed by atoms with Crippen molar-refractivity contribution in [1.29, 1.82) is 0 Å². The van der Waals surface area contributed by atoms with E-state index < -0.39 is 72.6 Å². The molecular weight excluding hydrogens is 506 g/mol. The molecule has 0 bridgehead atoms. The van der Waals surface area contributed by atoms with Gasteiger partial charge in [0.1, 0.15) is 18.1 Å². The number of guanidine groups is 1. The van der Waals surface area contributed by atoms with E-state index in [2.05, 4.69) is 20.9 Å². The number of rotatable bonds is 20. The van der Waals surface area contributed by atoms with Crippen LogP contribution in [0.1, 0.15) is 51.4 Å². The van der Waals surface area contributed by atoms with Crippen LogP contribution < -0.4 is 44.6 Å². The SMILES string of the molecule is NCCCCC(NC(=O)C(CCCN=C(N)N)NC(=O)C(N)CC(N)=O)C(=O)NC(CCC(=O)O)C(=O)O. The fraction of sp³-hybridized carbons (Fsp3) is 0.667. The van der Waals surface area contributed by atoms with Crippen LogP contribution in [0.15, 0.2) is 4.99 Å². The quantitative estimate of drug-likeness (QED) is 0.0395.